The first-order valence-electron chi connectivity index (χ1n) is 12.0. The molecule has 0 spiro atoms. The minimum Gasteiger partial charge on any atom is -0.506 e. The third-order valence-electron chi connectivity index (χ3n) is 6.36. The zero-order valence-electron chi connectivity index (χ0n) is 21.2. The van der Waals surface area contributed by atoms with Gasteiger partial charge in [0, 0.05) is 26.1 Å². The molecule has 4 N–H and O–H groups in total. The molecule has 1 fully saturated rings. The fourth-order valence-electron chi connectivity index (χ4n) is 4.22. The number of phenolic OH excluding ortho intramolecular Hbond substituents is 1. The van der Waals surface area contributed by atoms with Crippen LogP contribution in [0.1, 0.15) is 44.7 Å². The number of aliphatic hydroxyl groups excluding tert-OH is 1. The molecule has 1 unspecified atom stereocenters. The van der Waals surface area contributed by atoms with Crippen LogP contribution in [-0.4, -0.2) is 63.5 Å². The van der Waals surface area contributed by atoms with E-state index in [2.05, 4.69) is 30.8 Å². The highest BCUT2D eigenvalue weighted by atomic mass is 32.2. The first-order valence-corrected chi connectivity index (χ1v) is 15.3. The van der Waals surface area contributed by atoms with Gasteiger partial charge in [0.05, 0.1) is 16.8 Å². The van der Waals surface area contributed by atoms with E-state index in [-0.39, 0.29) is 29.2 Å². The first-order chi connectivity index (χ1) is 16.6. The third kappa shape index (κ3) is 7.66. The summed E-state index contributed by atoms with van der Waals surface area (Å²) >= 11 is 0. The van der Waals surface area contributed by atoms with Gasteiger partial charge in [0.15, 0.2) is 0 Å². The third-order valence-corrected chi connectivity index (χ3v) is 8.86. The fraction of sp³-hybridized carbons (Fsp3) is 0.520. The van der Waals surface area contributed by atoms with Gasteiger partial charge in [-0.1, -0.05) is 39.0 Å². The number of nitrogens with one attached hydrogen (secondary N) is 2. The SMILES string of the molecule is CC(C)(C)c1ccc(S(=O)(=O)N2CCC(CNC(O)Cc3ccc(O)c(NS(C)(=O)=O)c3)CC2)cc1. The Morgan fingerprint density at radius 1 is 1.03 bits per heavy atom. The number of aromatic hydroxyl groups is 1. The quantitative estimate of drug-likeness (QED) is 0.284. The number of rotatable bonds is 9. The number of nitrogens with zero attached hydrogens (tertiary/aromatic N) is 1. The number of anilines is 1. The highest BCUT2D eigenvalue weighted by molar-refractivity contribution is 7.92. The van der Waals surface area contributed by atoms with Crippen molar-refractivity contribution in [1.82, 2.24) is 9.62 Å². The lowest BCUT2D eigenvalue weighted by Crippen LogP contribution is -2.42. The Morgan fingerprint density at radius 2 is 1.64 bits per heavy atom. The van der Waals surface area contributed by atoms with Gasteiger partial charge in [-0.2, -0.15) is 4.31 Å². The molecule has 200 valence electrons. The molecule has 1 aliphatic heterocycles. The minimum absolute atomic E-state index is 0.0458. The molecule has 0 aliphatic carbocycles. The Balaban J connectivity index is 1.50. The molecule has 1 atom stereocenters. The Hall–Kier alpha value is -2.18. The normalized spacial score (nSPS) is 17.1. The predicted molar refractivity (Wildman–Crippen MR) is 141 cm³/mol. The lowest BCUT2D eigenvalue weighted by molar-refractivity contribution is 0.125. The van der Waals surface area contributed by atoms with Crippen molar-refractivity contribution < 1.29 is 27.0 Å². The van der Waals surface area contributed by atoms with Gasteiger partial charge >= 0.3 is 0 Å². The van der Waals surface area contributed by atoms with Crippen LogP contribution in [0.3, 0.4) is 0 Å². The standard InChI is InChI=1S/C25H37N3O6S2/c1-25(2,3)20-6-8-21(9-7-20)36(33,34)28-13-11-18(12-14-28)17-26-24(30)16-19-5-10-23(29)22(15-19)27-35(4,31)32/h5-10,15,18,24,26-27,29-30H,11-14,16-17H2,1-4H3. The molecule has 0 radical (unpaired) electrons. The summed E-state index contributed by atoms with van der Waals surface area (Å²) in [6.07, 6.45) is 1.70. The first kappa shape index (κ1) is 28.4. The maximum absolute atomic E-state index is 13.1. The van der Waals surface area contributed by atoms with Gasteiger partial charge < -0.3 is 10.2 Å². The van der Waals surface area contributed by atoms with Gasteiger partial charge in [0.2, 0.25) is 20.0 Å². The van der Waals surface area contributed by atoms with Crippen molar-refractivity contribution >= 4 is 25.7 Å². The average molecular weight is 540 g/mol. The molecule has 9 nitrogen and oxygen atoms in total. The van der Waals surface area contributed by atoms with Crippen LogP contribution >= 0.6 is 0 Å². The maximum atomic E-state index is 13.1. The van der Waals surface area contributed by atoms with Gasteiger partial charge in [0.1, 0.15) is 12.0 Å². The van der Waals surface area contributed by atoms with Crippen LogP contribution in [0.4, 0.5) is 5.69 Å². The lowest BCUT2D eigenvalue weighted by Gasteiger charge is -2.32. The van der Waals surface area contributed by atoms with Gasteiger partial charge in [-0.25, -0.2) is 16.8 Å². The van der Waals surface area contributed by atoms with Crippen LogP contribution in [0.25, 0.3) is 0 Å². The molecule has 1 saturated heterocycles. The molecule has 0 amide bonds. The number of aliphatic hydroxyl groups is 1. The second-order valence-electron chi connectivity index (χ2n) is 10.5. The maximum Gasteiger partial charge on any atom is 0.243 e. The second kappa shape index (κ2) is 11.1. The molecule has 0 aromatic heterocycles. The van der Waals surface area contributed by atoms with Crippen LogP contribution in [0.15, 0.2) is 47.4 Å². The highest BCUT2D eigenvalue weighted by Crippen LogP contribution is 2.28. The number of hydrogen-bond donors (Lipinski definition) is 4. The molecule has 1 aliphatic rings. The molecule has 0 bridgehead atoms. The van der Waals surface area contributed by atoms with Gasteiger partial charge in [-0.3, -0.25) is 10.0 Å². The smallest absolute Gasteiger partial charge is 0.243 e. The van der Waals surface area contributed by atoms with Crippen LogP contribution in [0.2, 0.25) is 0 Å². The molecule has 36 heavy (non-hydrogen) atoms. The van der Waals surface area contributed by atoms with E-state index < -0.39 is 26.3 Å². The predicted octanol–water partition coefficient (Wildman–Crippen LogP) is 2.61. The molecular formula is C25H37N3O6S2. The number of sulfonamides is 2. The summed E-state index contributed by atoms with van der Waals surface area (Å²) < 4.78 is 52.8. The second-order valence-corrected chi connectivity index (χ2v) is 14.2. The van der Waals surface area contributed by atoms with Crippen molar-refractivity contribution in [1.29, 1.82) is 0 Å². The number of phenols is 1. The molecule has 11 heteroatoms. The Morgan fingerprint density at radius 3 is 2.19 bits per heavy atom. The van der Waals surface area contributed by atoms with Crippen LogP contribution in [0.5, 0.6) is 5.75 Å². The van der Waals surface area contributed by atoms with E-state index in [1.807, 2.05) is 12.1 Å². The topological polar surface area (TPSA) is 136 Å². The van der Waals surface area contributed by atoms with Crippen LogP contribution in [-0.2, 0) is 31.9 Å². The fourth-order valence-corrected chi connectivity index (χ4v) is 6.25. The Bertz CT molecular complexity index is 1250. The van der Waals surface area contributed by atoms with Gasteiger partial charge in [0.25, 0.3) is 0 Å². The van der Waals surface area contributed by atoms with Crippen molar-refractivity contribution in [2.24, 2.45) is 5.92 Å². The summed E-state index contributed by atoms with van der Waals surface area (Å²) in [6, 6.07) is 11.6. The monoisotopic (exact) mass is 539 g/mol. The zero-order valence-corrected chi connectivity index (χ0v) is 22.9. The van der Waals surface area contributed by atoms with E-state index in [1.165, 1.54) is 16.4 Å². The van der Waals surface area contributed by atoms with Crippen molar-refractivity contribution in [3.63, 3.8) is 0 Å². The summed E-state index contributed by atoms with van der Waals surface area (Å²) in [5.74, 6) is 0.0233. The molecule has 1 heterocycles. The molecular weight excluding hydrogens is 502 g/mol. The zero-order chi connectivity index (χ0) is 26.7. The number of benzene rings is 2. The van der Waals surface area contributed by atoms with Crippen molar-refractivity contribution in [2.75, 3.05) is 30.6 Å². The van der Waals surface area contributed by atoms with E-state index in [9.17, 15) is 27.0 Å². The summed E-state index contributed by atoms with van der Waals surface area (Å²) in [7, 11) is -7.09. The Kier molecular flexibility index (Phi) is 8.72. The van der Waals surface area contributed by atoms with Crippen molar-refractivity contribution in [3.8, 4) is 5.75 Å². The molecule has 2 aromatic rings. The summed E-state index contributed by atoms with van der Waals surface area (Å²) in [5.41, 5.74) is 1.75. The van der Waals surface area contributed by atoms with Crippen LogP contribution < -0.4 is 10.0 Å². The van der Waals surface area contributed by atoms with E-state index >= 15 is 0 Å². The largest absolute Gasteiger partial charge is 0.506 e. The Labute approximate surface area is 214 Å². The molecule has 2 aromatic carbocycles. The van der Waals surface area contributed by atoms with E-state index in [0.717, 1.165) is 11.8 Å². The highest BCUT2D eigenvalue weighted by Gasteiger charge is 2.30. The summed E-state index contributed by atoms with van der Waals surface area (Å²) in [6.45, 7) is 7.63. The molecule has 3 rings (SSSR count). The van der Waals surface area contributed by atoms with Gasteiger partial charge in [-0.05, 0) is 59.6 Å². The van der Waals surface area contributed by atoms with E-state index in [1.54, 1.807) is 18.2 Å². The minimum atomic E-state index is -3.55. The molecule has 0 saturated carbocycles. The van der Waals surface area contributed by atoms with E-state index in [0.29, 0.717) is 42.9 Å². The van der Waals surface area contributed by atoms with Crippen molar-refractivity contribution in [3.05, 3.63) is 53.6 Å². The van der Waals surface area contributed by atoms with Crippen molar-refractivity contribution in [2.45, 2.75) is 56.6 Å². The number of piperidine rings is 1. The summed E-state index contributed by atoms with van der Waals surface area (Å²) in [5, 5.41) is 23.3. The van der Waals surface area contributed by atoms with E-state index in [4.69, 9.17) is 0 Å². The summed E-state index contributed by atoms with van der Waals surface area (Å²) in [4.78, 5) is 0.307. The van der Waals surface area contributed by atoms with Crippen LogP contribution in [0, 0.1) is 5.92 Å². The van der Waals surface area contributed by atoms with Gasteiger partial charge in [-0.15, -0.1) is 0 Å². The lowest BCUT2D eigenvalue weighted by atomic mass is 9.87. The number of hydrogen-bond acceptors (Lipinski definition) is 7. The average Bonchev–Trinajstić information content (AvgIpc) is 2.79.